The van der Waals surface area contributed by atoms with Gasteiger partial charge >= 0.3 is 0 Å². The van der Waals surface area contributed by atoms with Crippen molar-refractivity contribution < 1.29 is 4.79 Å². The first-order valence-corrected chi connectivity index (χ1v) is 6.25. The number of hydrogen-bond acceptors (Lipinski definition) is 4. The van der Waals surface area contributed by atoms with Gasteiger partial charge in [-0.15, -0.1) is 0 Å². The van der Waals surface area contributed by atoms with Crippen LogP contribution < -0.4 is 10.6 Å². The molecule has 5 nitrogen and oxygen atoms in total. The Morgan fingerprint density at radius 3 is 2.85 bits per heavy atom. The van der Waals surface area contributed by atoms with E-state index in [-0.39, 0.29) is 5.91 Å². The monoisotopic (exact) mass is 266 g/mol. The van der Waals surface area contributed by atoms with Crippen LogP contribution in [0.5, 0.6) is 0 Å². The molecule has 1 aromatic heterocycles. The number of pyridine rings is 1. The Morgan fingerprint density at radius 2 is 2.10 bits per heavy atom. The number of benzene rings is 1. The first kappa shape index (κ1) is 13.6. The SMILES string of the molecule is CCNc1ncccc1C(=O)Nc1ccccc1C#N. The van der Waals surface area contributed by atoms with Crippen molar-refractivity contribution in [1.82, 2.24) is 4.98 Å². The molecule has 2 N–H and O–H groups in total. The van der Waals surface area contributed by atoms with Gasteiger partial charge in [0, 0.05) is 12.7 Å². The Hall–Kier alpha value is -2.87. The van der Waals surface area contributed by atoms with Gasteiger partial charge in [0.2, 0.25) is 0 Å². The highest BCUT2D eigenvalue weighted by Gasteiger charge is 2.13. The van der Waals surface area contributed by atoms with Crippen LogP contribution in [0.4, 0.5) is 11.5 Å². The van der Waals surface area contributed by atoms with Gasteiger partial charge in [-0.05, 0) is 31.2 Å². The zero-order chi connectivity index (χ0) is 14.4. The van der Waals surface area contributed by atoms with Crippen LogP contribution in [-0.4, -0.2) is 17.4 Å². The molecule has 0 fully saturated rings. The minimum absolute atomic E-state index is 0.295. The van der Waals surface area contributed by atoms with Crippen molar-refractivity contribution in [3.63, 3.8) is 0 Å². The van der Waals surface area contributed by atoms with Gasteiger partial charge in [-0.25, -0.2) is 4.98 Å². The largest absolute Gasteiger partial charge is 0.370 e. The number of para-hydroxylation sites is 1. The maximum Gasteiger partial charge on any atom is 0.259 e. The second-order valence-corrected chi connectivity index (χ2v) is 4.04. The summed E-state index contributed by atoms with van der Waals surface area (Å²) in [6.45, 7) is 2.60. The van der Waals surface area contributed by atoms with E-state index in [1.165, 1.54) is 0 Å². The number of hydrogen-bond donors (Lipinski definition) is 2. The number of amides is 1. The second-order valence-electron chi connectivity index (χ2n) is 4.04. The smallest absolute Gasteiger partial charge is 0.259 e. The maximum atomic E-state index is 12.3. The normalized spacial score (nSPS) is 9.60. The Balaban J connectivity index is 2.27. The van der Waals surface area contributed by atoms with Gasteiger partial charge in [0.05, 0.1) is 16.8 Å². The zero-order valence-corrected chi connectivity index (χ0v) is 11.1. The average molecular weight is 266 g/mol. The molecule has 1 amide bonds. The number of nitrogens with zero attached hydrogens (tertiary/aromatic N) is 2. The summed E-state index contributed by atoms with van der Waals surface area (Å²) < 4.78 is 0. The summed E-state index contributed by atoms with van der Waals surface area (Å²) >= 11 is 0. The van der Waals surface area contributed by atoms with Crippen LogP contribution in [0.3, 0.4) is 0 Å². The molecular formula is C15H14N4O. The Bertz CT molecular complexity index is 661. The van der Waals surface area contributed by atoms with Gasteiger partial charge in [0.1, 0.15) is 11.9 Å². The van der Waals surface area contributed by atoms with Crippen LogP contribution in [0.25, 0.3) is 0 Å². The van der Waals surface area contributed by atoms with Crippen molar-refractivity contribution in [3.8, 4) is 6.07 Å². The lowest BCUT2D eigenvalue weighted by atomic mass is 10.1. The predicted molar refractivity (Wildman–Crippen MR) is 77.5 cm³/mol. The highest BCUT2D eigenvalue weighted by atomic mass is 16.1. The van der Waals surface area contributed by atoms with Crippen LogP contribution in [0.2, 0.25) is 0 Å². The van der Waals surface area contributed by atoms with Crippen LogP contribution in [0.1, 0.15) is 22.8 Å². The van der Waals surface area contributed by atoms with Gasteiger partial charge in [-0.2, -0.15) is 5.26 Å². The van der Waals surface area contributed by atoms with Crippen molar-refractivity contribution in [2.75, 3.05) is 17.2 Å². The summed E-state index contributed by atoms with van der Waals surface area (Å²) in [5.74, 6) is 0.235. The lowest BCUT2D eigenvalue weighted by Crippen LogP contribution is -2.16. The lowest BCUT2D eigenvalue weighted by Gasteiger charge is -2.10. The summed E-state index contributed by atoms with van der Waals surface area (Å²) in [5, 5.41) is 14.8. The number of nitriles is 1. The fourth-order valence-electron chi connectivity index (χ4n) is 1.78. The second kappa shape index (κ2) is 6.34. The molecule has 2 rings (SSSR count). The highest BCUT2D eigenvalue weighted by Crippen LogP contribution is 2.17. The molecule has 5 heteroatoms. The van der Waals surface area contributed by atoms with Gasteiger partial charge in [0.15, 0.2) is 0 Å². The zero-order valence-electron chi connectivity index (χ0n) is 11.1. The number of carbonyl (C=O) groups is 1. The molecule has 0 aliphatic heterocycles. The Labute approximate surface area is 117 Å². The van der Waals surface area contributed by atoms with Crippen molar-refractivity contribution in [2.45, 2.75) is 6.92 Å². The van der Waals surface area contributed by atoms with E-state index in [0.717, 1.165) is 0 Å². The third-order valence-electron chi connectivity index (χ3n) is 2.69. The van der Waals surface area contributed by atoms with Crippen molar-refractivity contribution >= 4 is 17.4 Å². The fraction of sp³-hybridized carbons (Fsp3) is 0.133. The minimum atomic E-state index is -0.295. The fourth-order valence-corrected chi connectivity index (χ4v) is 1.78. The van der Waals surface area contributed by atoms with Crippen molar-refractivity contribution in [3.05, 3.63) is 53.7 Å². The van der Waals surface area contributed by atoms with E-state index in [1.807, 2.05) is 13.0 Å². The van der Waals surface area contributed by atoms with Crippen molar-refractivity contribution in [1.29, 1.82) is 5.26 Å². The summed E-state index contributed by atoms with van der Waals surface area (Å²) in [7, 11) is 0. The molecule has 0 saturated carbocycles. The van der Waals surface area contributed by atoms with Gasteiger partial charge in [-0.1, -0.05) is 12.1 Å². The van der Waals surface area contributed by atoms with Gasteiger partial charge < -0.3 is 10.6 Å². The molecule has 100 valence electrons. The van der Waals surface area contributed by atoms with E-state index < -0.39 is 0 Å². The van der Waals surface area contributed by atoms with Crippen LogP contribution >= 0.6 is 0 Å². The molecule has 0 atom stereocenters. The number of carbonyl (C=O) groups excluding carboxylic acids is 1. The summed E-state index contributed by atoms with van der Waals surface area (Å²) in [4.78, 5) is 16.4. The molecule has 1 aromatic carbocycles. The third kappa shape index (κ3) is 2.93. The molecule has 1 heterocycles. The van der Waals surface area contributed by atoms with Gasteiger partial charge in [-0.3, -0.25) is 4.79 Å². The third-order valence-corrected chi connectivity index (χ3v) is 2.69. The van der Waals surface area contributed by atoms with Crippen molar-refractivity contribution in [2.24, 2.45) is 0 Å². The molecule has 0 saturated heterocycles. The predicted octanol–water partition coefficient (Wildman–Crippen LogP) is 2.64. The van der Waals surface area contributed by atoms with Crippen LogP contribution in [-0.2, 0) is 0 Å². The first-order valence-electron chi connectivity index (χ1n) is 6.25. The molecule has 20 heavy (non-hydrogen) atoms. The molecule has 0 radical (unpaired) electrons. The average Bonchev–Trinajstić information content (AvgIpc) is 2.48. The van der Waals surface area contributed by atoms with E-state index in [9.17, 15) is 4.79 Å². The van der Waals surface area contributed by atoms with E-state index in [2.05, 4.69) is 15.6 Å². The quantitative estimate of drug-likeness (QED) is 0.891. The van der Waals surface area contributed by atoms with E-state index >= 15 is 0 Å². The molecule has 0 spiro atoms. The van der Waals surface area contributed by atoms with Crippen LogP contribution in [0.15, 0.2) is 42.6 Å². The minimum Gasteiger partial charge on any atom is -0.370 e. The number of rotatable bonds is 4. The van der Waals surface area contributed by atoms with E-state index in [1.54, 1.807) is 42.6 Å². The van der Waals surface area contributed by atoms with E-state index in [0.29, 0.717) is 29.2 Å². The van der Waals surface area contributed by atoms with E-state index in [4.69, 9.17) is 5.26 Å². The number of aromatic nitrogens is 1. The molecule has 0 aliphatic carbocycles. The highest BCUT2D eigenvalue weighted by molar-refractivity contribution is 6.07. The number of anilines is 2. The molecule has 2 aromatic rings. The molecule has 0 unspecified atom stereocenters. The number of nitrogens with one attached hydrogen (secondary N) is 2. The summed E-state index contributed by atoms with van der Waals surface area (Å²) in [6, 6.07) is 12.3. The van der Waals surface area contributed by atoms with Crippen LogP contribution in [0, 0.1) is 11.3 Å². The maximum absolute atomic E-state index is 12.3. The Kier molecular flexibility index (Phi) is 4.30. The van der Waals surface area contributed by atoms with Gasteiger partial charge in [0.25, 0.3) is 5.91 Å². The molecule has 0 bridgehead atoms. The topological polar surface area (TPSA) is 77.8 Å². The first-order chi connectivity index (χ1) is 9.76. The Morgan fingerprint density at radius 1 is 1.30 bits per heavy atom. The summed E-state index contributed by atoms with van der Waals surface area (Å²) in [5.41, 5.74) is 1.36. The lowest BCUT2D eigenvalue weighted by molar-refractivity contribution is 0.102. The molecule has 0 aliphatic rings. The standard InChI is InChI=1S/C15H14N4O/c1-2-17-14-12(7-5-9-18-14)15(20)19-13-8-4-3-6-11(13)10-16/h3-9H,2H2,1H3,(H,17,18)(H,19,20). The molecular weight excluding hydrogens is 252 g/mol. The summed E-state index contributed by atoms with van der Waals surface area (Å²) in [6.07, 6.45) is 1.62.